The zero-order valence-corrected chi connectivity index (χ0v) is 10.0. The molecule has 2 aromatic heterocycles. The van der Waals surface area contributed by atoms with Crippen molar-refractivity contribution in [3.05, 3.63) is 24.5 Å². The van der Waals surface area contributed by atoms with Crippen LogP contribution in [0.2, 0.25) is 0 Å². The van der Waals surface area contributed by atoms with Crippen molar-refractivity contribution in [1.82, 2.24) is 15.0 Å². The number of anilines is 1. The van der Waals surface area contributed by atoms with Crippen molar-refractivity contribution in [3.8, 4) is 0 Å². The highest BCUT2D eigenvalue weighted by molar-refractivity contribution is 5.71. The predicted octanol–water partition coefficient (Wildman–Crippen LogP) is 2.26. The molecule has 1 aliphatic carbocycles. The van der Waals surface area contributed by atoms with E-state index in [0.717, 1.165) is 36.0 Å². The lowest BCUT2D eigenvalue weighted by atomic mass is 10.3. The van der Waals surface area contributed by atoms with Crippen molar-refractivity contribution in [1.29, 1.82) is 0 Å². The lowest BCUT2D eigenvalue weighted by Crippen LogP contribution is -2.26. The summed E-state index contributed by atoms with van der Waals surface area (Å²) in [5.41, 5.74) is 1.60. The minimum Gasteiger partial charge on any atom is -0.357 e. The number of hydrogen-bond acceptors (Lipinski definition) is 4. The Bertz CT molecular complexity index is 522. The molecule has 1 saturated carbocycles. The molecule has 0 atom stereocenters. The summed E-state index contributed by atoms with van der Waals surface area (Å²) in [6.45, 7) is 4.29. The topological polar surface area (TPSA) is 41.9 Å². The van der Waals surface area contributed by atoms with Crippen molar-refractivity contribution in [3.63, 3.8) is 0 Å². The van der Waals surface area contributed by atoms with Gasteiger partial charge in [-0.2, -0.15) is 0 Å². The van der Waals surface area contributed by atoms with Gasteiger partial charge in [0.1, 0.15) is 11.3 Å². The standard InChI is InChI=1S/C13H16N4/c1-2-17(9-10-3-4-10)12-6-5-11-13(16-12)15-8-7-14-11/h5-8,10H,2-4,9H2,1H3. The van der Waals surface area contributed by atoms with E-state index in [9.17, 15) is 0 Å². The van der Waals surface area contributed by atoms with Gasteiger partial charge in [0, 0.05) is 25.5 Å². The predicted molar refractivity (Wildman–Crippen MR) is 67.9 cm³/mol. The summed E-state index contributed by atoms with van der Waals surface area (Å²) in [4.78, 5) is 15.4. The van der Waals surface area contributed by atoms with E-state index in [4.69, 9.17) is 0 Å². The molecule has 0 N–H and O–H groups in total. The van der Waals surface area contributed by atoms with Crippen LogP contribution in [-0.4, -0.2) is 28.0 Å². The van der Waals surface area contributed by atoms with E-state index in [2.05, 4.69) is 26.8 Å². The zero-order valence-electron chi connectivity index (χ0n) is 10.0. The van der Waals surface area contributed by atoms with Gasteiger partial charge in [0.15, 0.2) is 5.65 Å². The maximum Gasteiger partial charge on any atom is 0.180 e. The number of rotatable bonds is 4. The van der Waals surface area contributed by atoms with Crippen LogP contribution in [0.4, 0.5) is 5.82 Å². The minimum atomic E-state index is 0.735. The summed E-state index contributed by atoms with van der Waals surface area (Å²) in [7, 11) is 0. The number of aromatic nitrogens is 3. The van der Waals surface area contributed by atoms with Crippen LogP contribution in [-0.2, 0) is 0 Å². The molecule has 0 amide bonds. The molecule has 4 heteroatoms. The van der Waals surface area contributed by atoms with E-state index >= 15 is 0 Å². The molecule has 2 heterocycles. The van der Waals surface area contributed by atoms with E-state index in [-0.39, 0.29) is 0 Å². The third-order valence-electron chi connectivity index (χ3n) is 3.20. The molecule has 0 bridgehead atoms. The van der Waals surface area contributed by atoms with E-state index in [1.165, 1.54) is 12.8 Å². The van der Waals surface area contributed by atoms with Gasteiger partial charge in [-0.25, -0.2) is 9.97 Å². The van der Waals surface area contributed by atoms with Crippen LogP contribution in [0, 0.1) is 5.92 Å². The summed E-state index contributed by atoms with van der Waals surface area (Å²) >= 11 is 0. The molecule has 3 rings (SSSR count). The Labute approximate surface area is 101 Å². The fraction of sp³-hybridized carbons (Fsp3) is 0.462. The first-order valence-electron chi connectivity index (χ1n) is 6.19. The summed E-state index contributed by atoms with van der Waals surface area (Å²) in [5.74, 6) is 1.89. The Hall–Kier alpha value is -1.71. The molecule has 0 spiro atoms. The van der Waals surface area contributed by atoms with Crippen molar-refractivity contribution >= 4 is 17.0 Å². The molecular formula is C13H16N4. The van der Waals surface area contributed by atoms with Gasteiger partial charge in [0.25, 0.3) is 0 Å². The first kappa shape index (κ1) is 10.4. The van der Waals surface area contributed by atoms with Crippen LogP contribution in [0.15, 0.2) is 24.5 Å². The maximum absolute atomic E-state index is 4.58. The monoisotopic (exact) mass is 228 g/mol. The molecular weight excluding hydrogens is 212 g/mol. The Morgan fingerprint density at radius 2 is 2.06 bits per heavy atom. The molecule has 2 aromatic rings. The Morgan fingerprint density at radius 1 is 1.24 bits per heavy atom. The molecule has 0 aromatic carbocycles. The van der Waals surface area contributed by atoms with Gasteiger partial charge in [-0.3, -0.25) is 4.98 Å². The lowest BCUT2D eigenvalue weighted by Gasteiger charge is -2.21. The zero-order chi connectivity index (χ0) is 11.7. The molecule has 4 nitrogen and oxygen atoms in total. The SMILES string of the molecule is CCN(CC1CC1)c1ccc2nccnc2n1. The van der Waals surface area contributed by atoms with E-state index < -0.39 is 0 Å². The Morgan fingerprint density at radius 3 is 2.82 bits per heavy atom. The van der Waals surface area contributed by atoms with Crippen molar-refractivity contribution < 1.29 is 0 Å². The number of hydrogen-bond donors (Lipinski definition) is 0. The van der Waals surface area contributed by atoms with Crippen LogP contribution in [0.25, 0.3) is 11.2 Å². The molecule has 0 saturated heterocycles. The van der Waals surface area contributed by atoms with Crippen molar-refractivity contribution in [2.75, 3.05) is 18.0 Å². The van der Waals surface area contributed by atoms with Gasteiger partial charge in [-0.05, 0) is 37.8 Å². The highest BCUT2D eigenvalue weighted by Crippen LogP contribution is 2.31. The van der Waals surface area contributed by atoms with E-state index in [1.54, 1.807) is 12.4 Å². The second-order valence-corrected chi connectivity index (χ2v) is 4.55. The second-order valence-electron chi connectivity index (χ2n) is 4.55. The van der Waals surface area contributed by atoms with Crippen LogP contribution in [0.5, 0.6) is 0 Å². The van der Waals surface area contributed by atoms with Gasteiger partial charge < -0.3 is 4.90 Å². The normalized spacial score (nSPS) is 15.1. The molecule has 88 valence electrons. The highest BCUT2D eigenvalue weighted by Gasteiger charge is 2.24. The quantitative estimate of drug-likeness (QED) is 0.805. The maximum atomic E-state index is 4.58. The van der Waals surface area contributed by atoms with Crippen LogP contribution >= 0.6 is 0 Å². The number of fused-ring (bicyclic) bond motifs is 1. The molecule has 0 aliphatic heterocycles. The van der Waals surface area contributed by atoms with Gasteiger partial charge in [0.2, 0.25) is 0 Å². The largest absolute Gasteiger partial charge is 0.357 e. The smallest absolute Gasteiger partial charge is 0.180 e. The summed E-state index contributed by atoms with van der Waals surface area (Å²) in [5, 5.41) is 0. The highest BCUT2D eigenvalue weighted by atomic mass is 15.2. The van der Waals surface area contributed by atoms with Gasteiger partial charge >= 0.3 is 0 Å². The van der Waals surface area contributed by atoms with E-state index in [1.807, 2.05) is 12.1 Å². The summed E-state index contributed by atoms with van der Waals surface area (Å²) in [6, 6.07) is 4.04. The van der Waals surface area contributed by atoms with Crippen molar-refractivity contribution in [2.24, 2.45) is 5.92 Å². The van der Waals surface area contributed by atoms with Crippen LogP contribution in [0.1, 0.15) is 19.8 Å². The second kappa shape index (κ2) is 4.28. The first-order valence-corrected chi connectivity index (χ1v) is 6.19. The molecule has 17 heavy (non-hydrogen) atoms. The fourth-order valence-electron chi connectivity index (χ4n) is 2.02. The average molecular weight is 228 g/mol. The van der Waals surface area contributed by atoms with E-state index in [0.29, 0.717) is 0 Å². The first-order chi connectivity index (χ1) is 8.36. The van der Waals surface area contributed by atoms with Crippen LogP contribution in [0.3, 0.4) is 0 Å². The minimum absolute atomic E-state index is 0.735. The molecule has 1 fully saturated rings. The molecule has 0 unspecified atom stereocenters. The van der Waals surface area contributed by atoms with Gasteiger partial charge in [-0.15, -0.1) is 0 Å². The Kier molecular flexibility index (Phi) is 2.63. The van der Waals surface area contributed by atoms with Gasteiger partial charge in [-0.1, -0.05) is 0 Å². The molecule has 0 radical (unpaired) electrons. The lowest BCUT2D eigenvalue weighted by molar-refractivity contribution is 0.733. The van der Waals surface area contributed by atoms with Crippen molar-refractivity contribution in [2.45, 2.75) is 19.8 Å². The summed E-state index contributed by atoms with van der Waals surface area (Å²) < 4.78 is 0. The third kappa shape index (κ3) is 2.20. The average Bonchev–Trinajstić information content (AvgIpc) is 3.19. The molecule has 1 aliphatic rings. The Balaban J connectivity index is 1.92. The summed E-state index contributed by atoms with van der Waals surface area (Å²) in [6.07, 6.45) is 6.12. The number of nitrogens with zero attached hydrogens (tertiary/aromatic N) is 4. The number of pyridine rings is 1. The van der Waals surface area contributed by atoms with Gasteiger partial charge in [0.05, 0.1) is 0 Å². The third-order valence-corrected chi connectivity index (χ3v) is 3.20. The van der Waals surface area contributed by atoms with Crippen LogP contribution < -0.4 is 4.90 Å². The fourth-order valence-corrected chi connectivity index (χ4v) is 2.02.